The molecule has 1 N–H and O–H groups in total. The van der Waals surface area contributed by atoms with Crippen molar-refractivity contribution in [1.29, 1.82) is 5.26 Å². The van der Waals surface area contributed by atoms with Gasteiger partial charge < -0.3 is 9.47 Å². The number of benzene rings is 2. The Kier molecular flexibility index (Phi) is 8.01. The molecule has 2 aromatic carbocycles. The lowest BCUT2D eigenvalue weighted by Gasteiger charge is -2.19. The van der Waals surface area contributed by atoms with Crippen LogP contribution < -0.4 is 5.32 Å². The fourth-order valence-corrected chi connectivity index (χ4v) is 6.12. The molecular formula is C26H23ClF2N4O5S2. The van der Waals surface area contributed by atoms with Crippen LogP contribution in [-0.4, -0.2) is 42.9 Å². The van der Waals surface area contributed by atoms with E-state index in [4.69, 9.17) is 21.1 Å². The first-order valence-corrected chi connectivity index (χ1v) is 14.6. The molecular weight excluding hydrogens is 586 g/mol. The lowest BCUT2D eigenvalue weighted by Crippen LogP contribution is -2.27. The van der Waals surface area contributed by atoms with Crippen molar-refractivity contribution < 1.29 is 31.5 Å². The predicted octanol–water partition coefficient (Wildman–Crippen LogP) is 6.60. The lowest BCUT2D eigenvalue weighted by molar-refractivity contribution is 0.0636. The van der Waals surface area contributed by atoms with Crippen LogP contribution in [-0.2, 0) is 25.9 Å². The molecule has 40 heavy (non-hydrogen) atoms. The lowest BCUT2D eigenvalue weighted by atomic mass is 9.95. The first-order valence-electron chi connectivity index (χ1n) is 11.8. The smallest absolute Gasteiger partial charge is 0.412 e. The SMILES string of the molecule is CCS(=O)(=O)c1ncc2c(COC)c(Cl)c(-c3ccc(F)c4sc(NC(=O)OC(C)(C)C)c(C#N)c34)c(F)c2n1. The zero-order chi connectivity index (χ0) is 29.6. The average molecular weight is 609 g/mol. The van der Waals surface area contributed by atoms with Gasteiger partial charge in [-0.3, -0.25) is 5.32 Å². The third-order valence-corrected chi connectivity index (χ3v) is 8.78. The largest absolute Gasteiger partial charge is 0.444 e. The van der Waals surface area contributed by atoms with Crippen molar-refractivity contribution >= 4 is 64.9 Å². The molecule has 4 aromatic rings. The van der Waals surface area contributed by atoms with Crippen molar-refractivity contribution in [2.75, 3.05) is 18.2 Å². The van der Waals surface area contributed by atoms with Crippen LogP contribution in [0.3, 0.4) is 0 Å². The van der Waals surface area contributed by atoms with Crippen molar-refractivity contribution in [3.05, 3.63) is 46.1 Å². The van der Waals surface area contributed by atoms with E-state index in [0.29, 0.717) is 0 Å². The highest BCUT2D eigenvalue weighted by Crippen LogP contribution is 2.47. The molecule has 0 saturated heterocycles. The topological polar surface area (TPSA) is 131 Å². The van der Waals surface area contributed by atoms with Gasteiger partial charge in [-0.1, -0.05) is 24.6 Å². The minimum Gasteiger partial charge on any atom is -0.444 e. The summed E-state index contributed by atoms with van der Waals surface area (Å²) in [5.41, 5.74) is -1.28. The molecule has 0 unspecified atom stereocenters. The minimum atomic E-state index is -3.89. The Labute approximate surface area is 237 Å². The van der Waals surface area contributed by atoms with Gasteiger partial charge in [0.05, 0.1) is 27.6 Å². The van der Waals surface area contributed by atoms with Gasteiger partial charge in [-0.25, -0.2) is 32.0 Å². The first kappa shape index (κ1) is 29.5. The number of sulfone groups is 1. The highest BCUT2D eigenvalue weighted by Gasteiger charge is 2.28. The Morgan fingerprint density at radius 2 is 1.98 bits per heavy atom. The molecule has 210 valence electrons. The number of thiophene rings is 1. The monoisotopic (exact) mass is 608 g/mol. The molecule has 0 bridgehead atoms. The summed E-state index contributed by atoms with van der Waals surface area (Å²) in [6.07, 6.45) is 0.294. The number of halogens is 3. The van der Waals surface area contributed by atoms with Crippen LogP contribution in [0, 0.1) is 23.0 Å². The van der Waals surface area contributed by atoms with Crippen molar-refractivity contribution in [2.24, 2.45) is 0 Å². The van der Waals surface area contributed by atoms with Crippen molar-refractivity contribution in [2.45, 2.75) is 45.1 Å². The van der Waals surface area contributed by atoms with Crippen LogP contribution in [0.25, 0.3) is 32.1 Å². The molecule has 0 saturated carbocycles. The van der Waals surface area contributed by atoms with E-state index in [9.17, 15) is 18.5 Å². The number of aromatic nitrogens is 2. The molecule has 0 aliphatic carbocycles. The van der Waals surface area contributed by atoms with Crippen LogP contribution in [0.2, 0.25) is 5.02 Å². The summed E-state index contributed by atoms with van der Waals surface area (Å²) in [5, 5.41) is 11.9. The van der Waals surface area contributed by atoms with Crippen LogP contribution in [0.5, 0.6) is 0 Å². The minimum absolute atomic E-state index is 0.00228. The summed E-state index contributed by atoms with van der Waals surface area (Å²) in [7, 11) is -2.50. The number of nitrogens with one attached hydrogen (secondary N) is 1. The highest BCUT2D eigenvalue weighted by atomic mass is 35.5. The van der Waals surface area contributed by atoms with Gasteiger partial charge in [-0.05, 0) is 32.4 Å². The average Bonchev–Trinajstić information content (AvgIpc) is 3.25. The molecule has 0 fully saturated rings. The van der Waals surface area contributed by atoms with E-state index < -0.39 is 38.3 Å². The molecule has 9 nitrogen and oxygen atoms in total. The summed E-state index contributed by atoms with van der Waals surface area (Å²) >= 11 is 7.48. The predicted molar refractivity (Wildman–Crippen MR) is 148 cm³/mol. The number of rotatable bonds is 6. The van der Waals surface area contributed by atoms with Gasteiger partial charge in [0.2, 0.25) is 15.0 Å². The standard InChI is InChI=1S/C26H23ClF2N4O5S2/c1-6-40(35,36)24-31-10-14-15(11-37-5)19(27)18(20(29)21(14)32-24)12-7-8-16(28)22-17(12)13(9-30)23(39-22)33-25(34)38-26(2,3)4/h7-8,10H,6,11H2,1-5H3,(H,33,34). The van der Waals surface area contributed by atoms with Crippen LogP contribution in [0.1, 0.15) is 38.8 Å². The van der Waals surface area contributed by atoms with Crippen molar-refractivity contribution in [3.8, 4) is 17.2 Å². The number of ether oxygens (including phenoxy) is 2. The number of carbonyl (C=O) groups is 1. The van der Waals surface area contributed by atoms with Crippen LogP contribution in [0.15, 0.2) is 23.5 Å². The number of fused-ring (bicyclic) bond motifs is 2. The second-order valence-corrected chi connectivity index (χ2v) is 13.1. The molecule has 0 radical (unpaired) electrons. The van der Waals surface area contributed by atoms with E-state index >= 15 is 8.78 Å². The van der Waals surface area contributed by atoms with Gasteiger partial charge in [-0.15, -0.1) is 11.3 Å². The van der Waals surface area contributed by atoms with Gasteiger partial charge in [0.15, 0.2) is 5.82 Å². The Morgan fingerprint density at radius 3 is 2.58 bits per heavy atom. The van der Waals surface area contributed by atoms with E-state index in [-0.39, 0.29) is 65.6 Å². The quantitative estimate of drug-likeness (QED) is 0.242. The Bertz CT molecular complexity index is 1830. The number of anilines is 1. The highest BCUT2D eigenvalue weighted by molar-refractivity contribution is 7.91. The van der Waals surface area contributed by atoms with Crippen molar-refractivity contribution in [3.63, 3.8) is 0 Å². The summed E-state index contributed by atoms with van der Waals surface area (Å²) in [6.45, 7) is 6.26. The molecule has 2 heterocycles. The van der Waals surface area contributed by atoms with Crippen molar-refractivity contribution in [1.82, 2.24) is 9.97 Å². The number of carbonyl (C=O) groups excluding carboxylic acids is 1. The van der Waals surface area contributed by atoms with E-state index in [1.165, 1.54) is 20.1 Å². The number of methoxy groups -OCH3 is 1. The van der Waals surface area contributed by atoms with Gasteiger partial charge in [-0.2, -0.15) is 5.26 Å². The summed E-state index contributed by atoms with van der Waals surface area (Å²) in [5.74, 6) is -2.03. The van der Waals surface area contributed by atoms with E-state index in [1.807, 2.05) is 6.07 Å². The van der Waals surface area contributed by atoms with Crippen LogP contribution in [0.4, 0.5) is 18.6 Å². The normalized spacial score (nSPS) is 12.1. The summed E-state index contributed by atoms with van der Waals surface area (Å²) in [4.78, 5) is 20.3. The molecule has 0 atom stereocenters. The van der Waals surface area contributed by atoms with E-state index in [2.05, 4.69) is 15.3 Å². The zero-order valence-electron chi connectivity index (χ0n) is 22.0. The number of hydrogen-bond acceptors (Lipinski definition) is 9. The maximum Gasteiger partial charge on any atom is 0.412 e. The molecule has 1 amide bonds. The second kappa shape index (κ2) is 10.9. The van der Waals surface area contributed by atoms with E-state index in [1.54, 1.807) is 20.8 Å². The van der Waals surface area contributed by atoms with Gasteiger partial charge >= 0.3 is 6.09 Å². The molecule has 2 aromatic heterocycles. The first-order chi connectivity index (χ1) is 18.7. The van der Waals surface area contributed by atoms with Crippen LogP contribution >= 0.6 is 22.9 Å². The molecule has 4 rings (SSSR count). The fraction of sp³-hybridized carbons (Fsp3) is 0.308. The number of nitrogens with zero attached hydrogens (tertiary/aromatic N) is 3. The van der Waals surface area contributed by atoms with Gasteiger partial charge in [0.1, 0.15) is 28.0 Å². The summed E-state index contributed by atoms with van der Waals surface area (Å²) in [6, 6.07) is 4.28. The maximum atomic E-state index is 16.3. The number of amides is 1. The third-order valence-electron chi connectivity index (χ3n) is 5.74. The van der Waals surface area contributed by atoms with E-state index in [0.717, 1.165) is 23.6 Å². The maximum absolute atomic E-state index is 16.3. The van der Waals surface area contributed by atoms with Gasteiger partial charge in [0, 0.05) is 35.2 Å². The fourth-order valence-electron chi connectivity index (χ4n) is 4.01. The summed E-state index contributed by atoms with van der Waals surface area (Å²) < 4.78 is 66.7. The Balaban J connectivity index is 2.07. The second-order valence-electron chi connectivity index (χ2n) is 9.58. The molecule has 0 aliphatic heterocycles. The number of nitriles is 1. The Hall–Kier alpha value is -3.44. The third kappa shape index (κ3) is 5.32. The molecule has 0 spiro atoms. The number of hydrogen-bond donors (Lipinski definition) is 1. The molecule has 0 aliphatic rings. The van der Waals surface area contributed by atoms with Gasteiger partial charge in [0.25, 0.3) is 0 Å². The molecule has 14 heteroatoms. The Morgan fingerprint density at radius 1 is 1.27 bits per heavy atom. The zero-order valence-corrected chi connectivity index (χ0v) is 24.4.